The maximum atomic E-state index is 12.5. The molecular weight excluding hydrogens is 353 g/mol. The molecule has 0 radical (unpaired) electrons. The van der Waals surface area contributed by atoms with Crippen LogP contribution < -0.4 is 5.73 Å². The Kier molecular flexibility index (Phi) is 7.02. The molecule has 1 aromatic carbocycles. The third kappa shape index (κ3) is 4.23. The molecule has 1 aliphatic heterocycles. The second-order valence-corrected chi connectivity index (χ2v) is 6.75. The summed E-state index contributed by atoms with van der Waals surface area (Å²) in [4.78, 5) is 18.9. The standard InChI is InChI=1S/C16H19N3OS.2ClH/c1-16(10-17)7-8-19(11-16)15(20)13-9-21-14(18-13)12-5-3-2-4-6-12;;/h2-6,9H,7-8,10-11,17H2,1H3;2*1H. The molecule has 1 aromatic heterocycles. The van der Waals surface area contributed by atoms with Gasteiger partial charge >= 0.3 is 0 Å². The molecule has 0 saturated carbocycles. The minimum atomic E-state index is 0. The predicted molar refractivity (Wildman–Crippen MR) is 99.7 cm³/mol. The predicted octanol–water partition coefficient (Wildman–Crippen LogP) is 3.46. The molecule has 1 atom stereocenters. The summed E-state index contributed by atoms with van der Waals surface area (Å²) in [7, 11) is 0. The number of amides is 1. The van der Waals surface area contributed by atoms with Gasteiger partial charge in [-0.1, -0.05) is 37.3 Å². The molecule has 0 spiro atoms. The average molecular weight is 374 g/mol. The molecule has 2 aromatic rings. The number of aromatic nitrogens is 1. The number of nitrogens with zero attached hydrogens (tertiary/aromatic N) is 2. The SMILES string of the molecule is CC1(CN)CCN(C(=O)c2csc(-c3ccccc3)n2)C1.Cl.Cl. The van der Waals surface area contributed by atoms with Crippen molar-refractivity contribution in [1.82, 2.24) is 9.88 Å². The molecule has 126 valence electrons. The molecule has 1 amide bonds. The summed E-state index contributed by atoms with van der Waals surface area (Å²) >= 11 is 1.51. The first-order valence-electron chi connectivity index (χ1n) is 7.12. The van der Waals surface area contributed by atoms with Crippen LogP contribution in [-0.2, 0) is 0 Å². The van der Waals surface area contributed by atoms with Crippen LogP contribution in [0.2, 0.25) is 0 Å². The lowest BCUT2D eigenvalue weighted by atomic mass is 9.90. The quantitative estimate of drug-likeness (QED) is 0.895. The van der Waals surface area contributed by atoms with Crippen LogP contribution in [0.25, 0.3) is 10.6 Å². The maximum Gasteiger partial charge on any atom is 0.273 e. The lowest BCUT2D eigenvalue weighted by Gasteiger charge is -2.22. The molecule has 0 bridgehead atoms. The van der Waals surface area contributed by atoms with E-state index in [-0.39, 0.29) is 36.1 Å². The van der Waals surface area contributed by atoms with Gasteiger partial charge in [0.25, 0.3) is 5.91 Å². The van der Waals surface area contributed by atoms with Crippen molar-refractivity contribution in [3.63, 3.8) is 0 Å². The number of hydrogen-bond acceptors (Lipinski definition) is 4. The summed E-state index contributed by atoms with van der Waals surface area (Å²) in [6.07, 6.45) is 0.963. The van der Waals surface area contributed by atoms with Gasteiger partial charge in [-0.15, -0.1) is 36.2 Å². The second kappa shape index (κ2) is 8.11. The van der Waals surface area contributed by atoms with Crippen molar-refractivity contribution in [2.24, 2.45) is 11.1 Å². The van der Waals surface area contributed by atoms with Crippen LogP contribution >= 0.6 is 36.2 Å². The molecule has 1 aliphatic rings. The van der Waals surface area contributed by atoms with Crippen molar-refractivity contribution >= 4 is 42.1 Å². The van der Waals surface area contributed by atoms with Gasteiger partial charge in [0.1, 0.15) is 10.7 Å². The number of benzene rings is 1. The van der Waals surface area contributed by atoms with E-state index in [1.165, 1.54) is 11.3 Å². The summed E-state index contributed by atoms with van der Waals surface area (Å²) in [5.41, 5.74) is 7.44. The van der Waals surface area contributed by atoms with E-state index in [1.807, 2.05) is 40.6 Å². The van der Waals surface area contributed by atoms with E-state index in [0.29, 0.717) is 12.2 Å². The number of carbonyl (C=O) groups excluding carboxylic acids is 1. The van der Waals surface area contributed by atoms with Crippen LogP contribution in [-0.4, -0.2) is 35.4 Å². The number of likely N-dealkylation sites (tertiary alicyclic amines) is 1. The monoisotopic (exact) mass is 373 g/mol. The number of thiazole rings is 1. The number of carbonyl (C=O) groups is 1. The summed E-state index contributed by atoms with van der Waals surface area (Å²) < 4.78 is 0. The van der Waals surface area contributed by atoms with Crippen molar-refractivity contribution in [1.29, 1.82) is 0 Å². The molecule has 0 aliphatic carbocycles. The molecule has 4 nitrogen and oxygen atoms in total. The average Bonchev–Trinajstić information content (AvgIpc) is 3.15. The first kappa shape index (κ1) is 19.9. The minimum Gasteiger partial charge on any atom is -0.337 e. The number of halogens is 2. The van der Waals surface area contributed by atoms with Gasteiger partial charge in [0.15, 0.2) is 0 Å². The molecule has 1 unspecified atom stereocenters. The van der Waals surface area contributed by atoms with Crippen molar-refractivity contribution < 1.29 is 4.79 Å². The Morgan fingerprint density at radius 3 is 2.65 bits per heavy atom. The third-order valence-electron chi connectivity index (χ3n) is 4.08. The molecule has 3 rings (SSSR count). The highest BCUT2D eigenvalue weighted by Crippen LogP contribution is 2.30. The van der Waals surface area contributed by atoms with Gasteiger partial charge in [0.2, 0.25) is 0 Å². The Morgan fingerprint density at radius 1 is 1.35 bits per heavy atom. The zero-order valence-corrected chi connectivity index (χ0v) is 15.3. The Labute approximate surface area is 152 Å². The van der Waals surface area contributed by atoms with E-state index < -0.39 is 0 Å². The Hall–Kier alpha value is -1.14. The van der Waals surface area contributed by atoms with Crippen LogP contribution in [0.3, 0.4) is 0 Å². The summed E-state index contributed by atoms with van der Waals surface area (Å²) in [6.45, 7) is 4.24. The van der Waals surface area contributed by atoms with E-state index in [2.05, 4.69) is 11.9 Å². The number of hydrogen-bond donors (Lipinski definition) is 1. The highest BCUT2D eigenvalue weighted by Gasteiger charge is 2.35. The third-order valence-corrected chi connectivity index (χ3v) is 4.97. The summed E-state index contributed by atoms with van der Waals surface area (Å²) in [6, 6.07) is 9.95. The van der Waals surface area contributed by atoms with Crippen LogP contribution in [0.15, 0.2) is 35.7 Å². The Balaban J connectivity index is 0.00000132. The first-order valence-corrected chi connectivity index (χ1v) is 8.00. The number of rotatable bonds is 3. The van der Waals surface area contributed by atoms with Crippen LogP contribution in [0, 0.1) is 5.41 Å². The van der Waals surface area contributed by atoms with Crippen molar-refractivity contribution in [2.75, 3.05) is 19.6 Å². The smallest absolute Gasteiger partial charge is 0.273 e. The van der Waals surface area contributed by atoms with Gasteiger partial charge < -0.3 is 10.6 Å². The minimum absolute atomic E-state index is 0. The fourth-order valence-corrected chi connectivity index (χ4v) is 3.41. The van der Waals surface area contributed by atoms with E-state index >= 15 is 0 Å². The largest absolute Gasteiger partial charge is 0.337 e. The Bertz CT molecular complexity index is 650. The van der Waals surface area contributed by atoms with Gasteiger partial charge in [0.05, 0.1) is 0 Å². The zero-order valence-electron chi connectivity index (χ0n) is 12.9. The van der Waals surface area contributed by atoms with E-state index in [0.717, 1.165) is 30.1 Å². The van der Waals surface area contributed by atoms with E-state index in [4.69, 9.17) is 5.73 Å². The summed E-state index contributed by atoms with van der Waals surface area (Å²) in [5.74, 6) is 0.0191. The van der Waals surface area contributed by atoms with Gasteiger partial charge in [-0.25, -0.2) is 4.98 Å². The molecule has 2 heterocycles. The highest BCUT2D eigenvalue weighted by atomic mass is 35.5. The van der Waals surface area contributed by atoms with E-state index in [1.54, 1.807) is 0 Å². The molecule has 2 N–H and O–H groups in total. The maximum absolute atomic E-state index is 12.5. The molecule has 1 fully saturated rings. The van der Waals surface area contributed by atoms with Crippen molar-refractivity contribution in [2.45, 2.75) is 13.3 Å². The van der Waals surface area contributed by atoms with Crippen molar-refractivity contribution in [3.8, 4) is 10.6 Å². The lowest BCUT2D eigenvalue weighted by molar-refractivity contribution is 0.0772. The summed E-state index contributed by atoms with van der Waals surface area (Å²) in [5, 5.41) is 2.74. The number of nitrogens with two attached hydrogens (primary N) is 1. The zero-order chi connectivity index (χ0) is 14.9. The van der Waals surface area contributed by atoms with Crippen molar-refractivity contribution in [3.05, 3.63) is 41.4 Å². The van der Waals surface area contributed by atoms with Gasteiger partial charge in [-0.05, 0) is 18.4 Å². The fourth-order valence-electron chi connectivity index (χ4n) is 2.61. The fraction of sp³-hybridized carbons (Fsp3) is 0.375. The molecule has 23 heavy (non-hydrogen) atoms. The molecular formula is C16H21Cl2N3OS. The highest BCUT2D eigenvalue weighted by molar-refractivity contribution is 7.13. The Morgan fingerprint density at radius 2 is 2.04 bits per heavy atom. The topological polar surface area (TPSA) is 59.2 Å². The molecule has 7 heteroatoms. The van der Waals surface area contributed by atoms with Crippen LogP contribution in [0.4, 0.5) is 0 Å². The lowest BCUT2D eigenvalue weighted by Crippen LogP contribution is -2.34. The van der Waals surface area contributed by atoms with Crippen LogP contribution in [0.1, 0.15) is 23.8 Å². The van der Waals surface area contributed by atoms with Gasteiger partial charge in [-0.2, -0.15) is 0 Å². The van der Waals surface area contributed by atoms with E-state index in [9.17, 15) is 4.79 Å². The first-order chi connectivity index (χ1) is 10.1. The normalized spacial score (nSPS) is 19.8. The molecule has 1 saturated heterocycles. The van der Waals surface area contributed by atoms with Gasteiger partial charge in [-0.3, -0.25) is 4.79 Å². The second-order valence-electron chi connectivity index (χ2n) is 5.90. The van der Waals surface area contributed by atoms with Gasteiger partial charge in [0, 0.05) is 24.0 Å². The van der Waals surface area contributed by atoms with Crippen LogP contribution in [0.5, 0.6) is 0 Å².